The first-order valence-electron chi connectivity index (χ1n) is 12.2. The lowest BCUT2D eigenvalue weighted by Gasteiger charge is -2.11. The number of ether oxygens (including phenoxy) is 3. The van der Waals surface area contributed by atoms with Gasteiger partial charge in [-0.25, -0.2) is 23.1 Å². The minimum absolute atomic E-state index is 0.0391. The molecule has 1 amide bonds. The number of carbonyl (C=O) groups excluding carboxylic acids is 1. The molecule has 3 aromatic rings. The zero-order valence-electron chi connectivity index (χ0n) is 21.5. The summed E-state index contributed by atoms with van der Waals surface area (Å²) in [6, 6.07) is 9.25. The maximum Gasteiger partial charge on any atom is 0.280 e. The first kappa shape index (κ1) is 28.8. The highest BCUT2D eigenvalue weighted by Gasteiger charge is 2.22. The van der Waals surface area contributed by atoms with E-state index in [4.69, 9.17) is 19.0 Å². The quantitative estimate of drug-likeness (QED) is 0.145. The Morgan fingerprint density at radius 1 is 1.15 bits per heavy atom. The summed E-state index contributed by atoms with van der Waals surface area (Å²) in [6.07, 6.45) is 0.357. The summed E-state index contributed by atoms with van der Waals surface area (Å²) in [5.41, 5.74) is 0.924. The van der Waals surface area contributed by atoms with E-state index in [-0.39, 0.29) is 29.9 Å². The van der Waals surface area contributed by atoms with Crippen molar-refractivity contribution < 1.29 is 32.3 Å². The number of nitrogens with zero attached hydrogens (tertiary/aromatic N) is 3. The summed E-state index contributed by atoms with van der Waals surface area (Å²) in [6.45, 7) is 2.43. The number of fused-ring (bicyclic) bond motifs is 1. The number of thiazole rings is 1. The molecular formula is C24H30N6O7S2. The highest BCUT2D eigenvalue weighted by atomic mass is 32.2. The fourth-order valence-electron chi connectivity index (χ4n) is 3.45. The van der Waals surface area contributed by atoms with Crippen molar-refractivity contribution in [1.82, 2.24) is 20.0 Å². The van der Waals surface area contributed by atoms with Gasteiger partial charge in [0.25, 0.3) is 5.91 Å². The minimum atomic E-state index is -3.74. The molecule has 1 aromatic carbocycles. The van der Waals surface area contributed by atoms with Crippen LogP contribution in [0.3, 0.4) is 0 Å². The monoisotopic (exact) mass is 578 g/mol. The van der Waals surface area contributed by atoms with Gasteiger partial charge >= 0.3 is 0 Å². The van der Waals surface area contributed by atoms with E-state index in [0.717, 1.165) is 0 Å². The molecule has 39 heavy (non-hydrogen) atoms. The molecule has 2 aromatic heterocycles. The highest BCUT2D eigenvalue weighted by Crippen LogP contribution is 2.26. The average Bonchev–Trinajstić information content (AvgIpc) is 3.59. The van der Waals surface area contributed by atoms with Crippen LogP contribution in [-0.4, -0.2) is 89.8 Å². The van der Waals surface area contributed by atoms with Gasteiger partial charge in [0, 0.05) is 38.2 Å². The summed E-state index contributed by atoms with van der Waals surface area (Å²) in [5.74, 6) is -0.118. The highest BCUT2D eigenvalue weighted by molar-refractivity contribution is 7.89. The summed E-state index contributed by atoms with van der Waals surface area (Å²) in [7, 11) is -0.425. The molecule has 0 saturated carbocycles. The van der Waals surface area contributed by atoms with Crippen LogP contribution in [-0.2, 0) is 29.1 Å². The number of carbonyl (C=O) groups is 1. The van der Waals surface area contributed by atoms with Crippen LogP contribution in [0.15, 0.2) is 46.4 Å². The van der Waals surface area contributed by atoms with Crippen LogP contribution in [0, 0.1) is 0 Å². The molecule has 0 unspecified atom stereocenters. The van der Waals surface area contributed by atoms with Crippen LogP contribution in [0.2, 0.25) is 0 Å². The number of oxime groups is 1. The molecule has 1 aliphatic heterocycles. The number of sulfonamides is 1. The smallest absolute Gasteiger partial charge is 0.280 e. The second kappa shape index (κ2) is 13.7. The largest absolute Gasteiger partial charge is 0.476 e. The lowest BCUT2D eigenvalue weighted by Crippen LogP contribution is -2.27. The van der Waals surface area contributed by atoms with Crippen LogP contribution >= 0.6 is 11.3 Å². The molecule has 0 aliphatic carbocycles. The Kier molecular flexibility index (Phi) is 10.1. The maximum absolute atomic E-state index is 13.3. The third kappa shape index (κ3) is 7.90. The Balaban J connectivity index is 1.53. The van der Waals surface area contributed by atoms with E-state index in [1.807, 2.05) is 7.05 Å². The van der Waals surface area contributed by atoms with E-state index in [0.29, 0.717) is 59.7 Å². The Labute approximate surface area is 229 Å². The van der Waals surface area contributed by atoms with Crippen molar-refractivity contribution in [3.8, 4) is 5.88 Å². The molecule has 1 aliphatic rings. The SMILES string of the molecule is CNCCOc1ccc2nc(NC(=O)/C(=N/O[C@@H]3CCOC3)c3ccc(S(=O)(=O)NCCOC)cc3)sc2n1. The van der Waals surface area contributed by atoms with Gasteiger partial charge in [-0.05, 0) is 25.2 Å². The van der Waals surface area contributed by atoms with Gasteiger partial charge in [-0.1, -0.05) is 28.6 Å². The van der Waals surface area contributed by atoms with Gasteiger partial charge in [0.1, 0.15) is 17.0 Å². The first-order valence-corrected chi connectivity index (χ1v) is 14.5. The average molecular weight is 579 g/mol. The van der Waals surface area contributed by atoms with Gasteiger partial charge in [0.05, 0.1) is 24.7 Å². The lowest BCUT2D eigenvalue weighted by atomic mass is 10.1. The van der Waals surface area contributed by atoms with Crippen LogP contribution < -0.4 is 20.1 Å². The second-order valence-corrected chi connectivity index (χ2v) is 11.1. The summed E-state index contributed by atoms with van der Waals surface area (Å²) in [5, 5.41) is 10.2. The van der Waals surface area contributed by atoms with Crippen LogP contribution in [0.25, 0.3) is 10.3 Å². The predicted octanol–water partition coefficient (Wildman–Crippen LogP) is 1.36. The topological polar surface area (TPSA) is 162 Å². The van der Waals surface area contributed by atoms with Gasteiger partial charge in [0.2, 0.25) is 15.9 Å². The molecule has 13 nitrogen and oxygen atoms in total. The first-order chi connectivity index (χ1) is 18.9. The third-order valence-electron chi connectivity index (χ3n) is 5.48. The molecule has 0 spiro atoms. The Morgan fingerprint density at radius 3 is 2.69 bits per heavy atom. The Morgan fingerprint density at radius 2 is 1.97 bits per heavy atom. The zero-order valence-corrected chi connectivity index (χ0v) is 23.1. The normalized spacial score (nSPS) is 15.9. The molecule has 15 heteroatoms. The summed E-state index contributed by atoms with van der Waals surface area (Å²) < 4.78 is 43.3. The van der Waals surface area contributed by atoms with Gasteiger partial charge in [0.15, 0.2) is 16.9 Å². The number of benzene rings is 1. The number of hydrogen-bond donors (Lipinski definition) is 3. The van der Waals surface area contributed by atoms with Crippen molar-refractivity contribution in [3.05, 3.63) is 42.0 Å². The standard InChI is InChI=1S/C24H30N6O7S2/c1-25-10-14-36-20-8-7-19-23(28-20)38-24(27-19)29-22(31)21(30-37-17-9-12-35-15-17)16-3-5-18(6-4-16)39(32,33)26-11-13-34-2/h3-8,17,25-26H,9-15H2,1-2H3,(H,27,29,31)/b30-21+/t17-/m1/s1. The number of anilines is 1. The van der Waals surface area contributed by atoms with Gasteiger partial charge in [-0.2, -0.15) is 0 Å². The van der Waals surface area contributed by atoms with Gasteiger partial charge in [-0.15, -0.1) is 0 Å². The molecular weight excluding hydrogens is 548 g/mol. The number of pyridine rings is 1. The molecule has 1 atom stereocenters. The van der Waals surface area contributed by atoms with Crippen molar-refractivity contribution in [2.45, 2.75) is 17.4 Å². The molecule has 0 bridgehead atoms. The lowest BCUT2D eigenvalue weighted by molar-refractivity contribution is -0.110. The van der Waals surface area contributed by atoms with E-state index in [1.54, 1.807) is 12.1 Å². The van der Waals surface area contributed by atoms with Gasteiger partial charge < -0.3 is 24.4 Å². The van der Waals surface area contributed by atoms with Crippen LogP contribution in [0.5, 0.6) is 5.88 Å². The number of likely N-dealkylation sites (N-methyl/N-ethyl adjacent to an activating group) is 1. The van der Waals surface area contributed by atoms with Crippen molar-refractivity contribution in [2.75, 3.05) is 59.0 Å². The van der Waals surface area contributed by atoms with Crippen LogP contribution in [0.4, 0.5) is 5.13 Å². The number of methoxy groups -OCH3 is 1. The zero-order chi connectivity index (χ0) is 27.7. The van der Waals surface area contributed by atoms with E-state index in [1.165, 1.54) is 42.7 Å². The number of amides is 1. The molecule has 1 saturated heterocycles. The predicted molar refractivity (Wildman–Crippen MR) is 146 cm³/mol. The van der Waals surface area contributed by atoms with Gasteiger partial charge in [-0.3, -0.25) is 10.1 Å². The molecule has 210 valence electrons. The fraction of sp³-hybridized carbons (Fsp3) is 0.417. The molecule has 3 heterocycles. The Bertz CT molecular complexity index is 1390. The number of rotatable bonds is 14. The Hall–Kier alpha value is -3.21. The van der Waals surface area contributed by atoms with E-state index in [2.05, 4.69) is 30.5 Å². The van der Waals surface area contributed by atoms with E-state index < -0.39 is 15.9 Å². The van der Waals surface area contributed by atoms with Crippen molar-refractivity contribution >= 4 is 48.5 Å². The van der Waals surface area contributed by atoms with Crippen LogP contribution in [0.1, 0.15) is 12.0 Å². The molecule has 4 rings (SSSR count). The molecule has 1 fully saturated rings. The number of nitrogens with one attached hydrogen (secondary N) is 3. The van der Waals surface area contributed by atoms with Crippen molar-refractivity contribution in [2.24, 2.45) is 5.16 Å². The maximum atomic E-state index is 13.3. The summed E-state index contributed by atoms with van der Waals surface area (Å²) in [4.78, 5) is 28.4. The van der Waals surface area contributed by atoms with Crippen molar-refractivity contribution in [3.63, 3.8) is 0 Å². The second-order valence-electron chi connectivity index (χ2n) is 8.34. The summed E-state index contributed by atoms with van der Waals surface area (Å²) >= 11 is 1.19. The number of aromatic nitrogens is 2. The van der Waals surface area contributed by atoms with E-state index >= 15 is 0 Å². The van der Waals surface area contributed by atoms with Crippen molar-refractivity contribution in [1.29, 1.82) is 0 Å². The third-order valence-corrected chi connectivity index (χ3v) is 7.84. The number of hydrogen-bond acceptors (Lipinski definition) is 12. The van der Waals surface area contributed by atoms with E-state index in [9.17, 15) is 13.2 Å². The molecule has 0 radical (unpaired) electrons. The molecule has 3 N–H and O–H groups in total. The fourth-order valence-corrected chi connectivity index (χ4v) is 5.29. The minimum Gasteiger partial charge on any atom is -0.476 e.